The molecule has 0 aliphatic heterocycles. The number of hydrogen-bond acceptors (Lipinski definition) is 2. The maximum absolute atomic E-state index is 11.5. The van der Waals surface area contributed by atoms with Crippen molar-refractivity contribution in [3.8, 4) is 12.3 Å². The van der Waals surface area contributed by atoms with Crippen molar-refractivity contribution in [2.75, 3.05) is 0 Å². The van der Waals surface area contributed by atoms with Gasteiger partial charge in [-0.05, 0) is 36.5 Å². The Balaban J connectivity index is 2.16. The van der Waals surface area contributed by atoms with Crippen LogP contribution in [0.25, 0.3) is 0 Å². The first-order valence-corrected chi connectivity index (χ1v) is 7.08. The monoisotopic (exact) mass is 266 g/mol. The number of hydrogen-bond donors (Lipinski definition) is 1. The van der Waals surface area contributed by atoms with Crippen LogP contribution in [-0.2, 0) is 16.8 Å². The van der Waals surface area contributed by atoms with Crippen LogP contribution >= 0.6 is 0 Å². The third-order valence-electron chi connectivity index (χ3n) is 4.89. The average Bonchev–Trinajstić information content (AvgIpc) is 2.47. The van der Waals surface area contributed by atoms with Crippen molar-refractivity contribution in [1.82, 2.24) is 0 Å². The first kappa shape index (κ1) is 13.1. The van der Waals surface area contributed by atoms with Crippen LogP contribution in [0.1, 0.15) is 36.8 Å². The minimum absolute atomic E-state index is 0.137. The van der Waals surface area contributed by atoms with Crippen LogP contribution in [-0.4, -0.2) is 10.9 Å². The van der Waals surface area contributed by atoms with Crippen molar-refractivity contribution in [1.29, 1.82) is 0 Å². The van der Waals surface area contributed by atoms with Crippen LogP contribution in [0.2, 0.25) is 0 Å². The van der Waals surface area contributed by atoms with Crippen molar-refractivity contribution in [3.05, 3.63) is 47.5 Å². The van der Waals surface area contributed by atoms with E-state index in [-0.39, 0.29) is 12.2 Å². The van der Waals surface area contributed by atoms with Crippen LogP contribution in [0.3, 0.4) is 0 Å². The van der Waals surface area contributed by atoms with E-state index in [1.165, 1.54) is 5.56 Å². The van der Waals surface area contributed by atoms with Crippen LogP contribution in [0.15, 0.2) is 36.4 Å². The molecule has 1 aromatic rings. The Labute approximate surface area is 119 Å². The summed E-state index contributed by atoms with van der Waals surface area (Å²) in [7, 11) is 0. The average molecular weight is 266 g/mol. The van der Waals surface area contributed by atoms with Crippen molar-refractivity contribution in [3.63, 3.8) is 0 Å². The lowest BCUT2D eigenvalue weighted by Crippen LogP contribution is -2.49. The summed E-state index contributed by atoms with van der Waals surface area (Å²) in [5.41, 5.74) is 0.638. The molecule has 20 heavy (non-hydrogen) atoms. The molecule has 102 valence electrons. The Morgan fingerprint density at radius 1 is 1.25 bits per heavy atom. The van der Waals surface area contributed by atoms with E-state index in [2.05, 4.69) is 12.0 Å². The van der Waals surface area contributed by atoms with Gasteiger partial charge in [-0.25, -0.2) is 0 Å². The highest BCUT2D eigenvalue weighted by Gasteiger charge is 2.52. The lowest BCUT2D eigenvalue weighted by molar-refractivity contribution is -0.119. The molecule has 1 N–H and O–H groups in total. The van der Waals surface area contributed by atoms with Gasteiger partial charge in [-0.2, -0.15) is 0 Å². The second kappa shape index (κ2) is 4.61. The van der Waals surface area contributed by atoms with E-state index in [1.54, 1.807) is 6.08 Å². The van der Waals surface area contributed by atoms with Gasteiger partial charge >= 0.3 is 0 Å². The molecule has 1 spiro atoms. The lowest BCUT2D eigenvalue weighted by Gasteiger charge is -2.50. The molecule has 0 heterocycles. The summed E-state index contributed by atoms with van der Waals surface area (Å²) in [6.45, 7) is 0. The zero-order valence-electron chi connectivity index (χ0n) is 11.4. The maximum atomic E-state index is 11.5. The van der Waals surface area contributed by atoms with Crippen molar-refractivity contribution in [2.24, 2.45) is 5.41 Å². The number of fused-ring (bicyclic) bond motifs is 1. The fourth-order valence-corrected chi connectivity index (χ4v) is 3.71. The Morgan fingerprint density at radius 2 is 2.00 bits per heavy atom. The molecule has 0 radical (unpaired) electrons. The van der Waals surface area contributed by atoms with E-state index < -0.39 is 11.0 Å². The Hall–Kier alpha value is -1.85. The van der Waals surface area contributed by atoms with Gasteiger partial charge in [-0.1, -0.05) is 30.3 Å². The fourth-order valence-electron chi connectivity index (χ4n) is 3.71. The van der Waals surface area contributed by atoms with Gasteiger partial charge in [0.1, 0.15) is 5.60 Å². The first-order valence-electron chi connectivity index (χ1n) is 7.08. The number of ketones is 1. The van der Waals surface area contributed by atoms with Crippen LogP contribution in [0.5, 0.6) is 0 Å². The standard InChI is InChI=1S/C18H18O2/c1-2-10-18(20)16-6-4-3-5-14(16)7-11-17(18)12-8-15(19)9-13-17/h1,3-6,8,12,20H,7,9-11,13H2/t17-,18-/m1/s1. The number of carbonyl (C=O) groups excluding carboxylic acids is 1. The number of aliphatic hydroxyl groups is 1. The van der Waals surface area contributed by atoms with Gasteiger partial charge in [0.2, 0.25) is 0 Å². The number of aryl methyl sites for hydroxylation is 1. The summed E-state index contributed by atoms with van der Waals surface area (Å²) in [5.74, 6) is 2.77. The van der Waals surface area contributed by atoms with Gasteiger partial charge in [0, 0.05) is 18.3 Å². The highest BCUT2D eigenvalue weighted by atomic mass is 16.3. The Morgan fingerprint density at radius 3 is 2.70 bits per heavy atom. The van der Waals surface area contributed by atoms with Gasteiger partial charge in [0.15, 0.2) is 5.78 Å². The Bertz CT molecular complexity index is 623. The Kier molecular flexibility index (Phi) is 3.03. The zero-order valence-corrected chi connectivity index (χ0v) is 11.4. The summed E-state index contributed by atoms with van der Waals surface area (Å²) >= 11 is 0. The summed E-state index contributed by atoms with van der Waals surface area (Å²) in [6, 6.07) is 7.96. The number of rotatable bonds is 1. The van der Waals surface area contributed by atoms with Crippen molar-refractivity contribution in [2.45, 2.75) is 37.7 Å². The molecule has 2 nitrogen and oxygen atoms in total. The molecule has 2 atom stereocenters. The van der Waals surface area contributed by atoms with Gasteiger partial charge in [-0.3, -0.25) is 4.79 Å². The van der Waals surface area contributed by atoms with E-state index in [1.807, 2.05) is 24.3 Å². The van der Waals surface area contributed by atoms with E-state index in [4.69, 9.17) is 6.42 Å². The molecule has 2 aliphatic rings. The molecular weight excluding hydrogens is 248 g/mol. The normalized spacial score (nSPS) is 31.9. The van der Waals surface area contributed by atoms with Gasteiger partial charge in [0.05, 0.1) is 0 Å². The number of terminal acetylenes is 1. The van der Waals surface area contributed by atoms with Crippen LogP contribution in [0.4, 0.5) is 0 Å². The zero-order chi connectivity index (χ0) is 14.2. The SMILES string of the molecule is C#CC[C@@]1(O)c2ccccc2CC[C@]12C=CC(=O)CC2. The van der Waals surface area contributed by atoms with Crippen molar-refractivity contribution < 1.29 is 9.90 Å². The molecule has 0 bridgehead atoms. The molecule has 1 aromatic carbocycles. The van der Waals surface area contributed by atoms with Gasteiger partial charge < -0.3 is 5.11 Å². The summed E-state index contributed by atoms with van der Waals surface area (Å²) in [4.78, 5) is 11.5. The quantitative estimate of drug-likeness (QED) is 0.794. The number of benzene rings is 1. The number of carbonyl (C=O) groups is 1. The minimum Gasteiger partial charge on any atom is -0.383 e. The summed E-state index contributed by atoms with van der Waals surface area (Å²) < 4.78 is 0. The highest BCUT2D eigenvalue weighted by molar-refractivity contribution is 5.90. The second-order valence-corrected chi connectivity index (χ2v) is 5.85. The molecular formula is C18H18O2. The van der Waals surface area contributed by atoms with E-state index in [9.17, 15) is 9.90 Å². The fraction of sp³-hybridized carbons (Fsp3) is 0.389. The van der Waals surface area contributed by atoms with Crippen molar-refractivity contribution >= 4 is 5.78 Å². The van der Waals surface area contributed by atoms with E-state index >= 15 is 0 Å². The third-order valence-corrected chi connectivity index (χ3v) is 4.89. The predicted octanol–water partition coefficient (Wildman–Crippen LogP) is 2.75. The molecule has 2 heteroatoms. The molecule has 0 fully saturated rings. The molecule has 0 saturated heterocycles. The van der Waals surface area contributed by atoms with Crippen LogP contribution < -0.4 is 0 Å². The molecule has 3 rings (SSSR count). The lowest BCUT2D eigenvalue weighted by atomic mass is 9.56. The molecule has 0 aromatic heterocycles. The van der Waals surface area contributed by atoms with Gasteiger partial charge in [-0.15, -0.1) is 12.3 Å². The summed E-state index contributed by atoms with van der Waals surface area (Å²) in [5, 5.41) is 11.4. The highest BCUT2D eigenvalue weighted by Crippen LogP contribution is 2.55. The number of allylic oxidation sites excluding steroid dienone is 1. The van der Waals surface area contributed by atoms with E-state index in [0.29, 0.717) is 12.8 Å². The molecule has 0 saturated carbocycles. The summed E-state index contributed by atoms with van der Waals surface area (Å²) in [6.07, 6.45) is 12.3. The third kappa shape index (κ3) is 1.74. The first-order chi connectivity index (χ1) is 9.61. The second-order valence-electron chi connectivity index (χ2n) is 5.85. The van der Waals surface area contributed by atoms with E-state index in [0.717, 1.165) is 18.4 Å². The van der Waals surface area contributed by atoms with Gasteiger partial charge in [0.25, 0.3) is 0 Å². The maximum Gasteiger partial charge on any atom is 0.155 e. The minimum atomic E-state index is -1.06. The molecule has 0 unspecified atom stereocenters. The van der Waals surface area contributed by atoms with Crippen LogP contribution in [0, 0.1) is 17.8 Å². The molecule has 0 amide bonds. The predicted molar refractivity (Wildman–Crippen MR) is 77.9 cm³/mol. The molecule has 2 aliphatic carbocycles. The topological polar surface area (TPSA) is 37.3 Å². The largest absolute Gasteiger partial charge is 0.383 e. The smallest absolute Gasteiger partial charge is 0.155 e.